The second-order valence-electron chi connectivity index (χ2n) is 6.14. The molecule has 1 N–H and O–H groups in total. The first-order valence-electron chi connectivity index (χ1n) is 7.29. The highest BCUT2D eigenvalue weighted by Crippen LogP contribution is 2.50. The van der Waals surface area contributed by atoms with Crippen LogP contribution in [-0.4, -0.2) is 13.1 Å². The highest BCUT2D eigenvalue weighted by molar-refractivity contribution is 6.31. The van der Waals surface area contributed by atoms with Crippen molar-refractivity contribution in [3.63, 3.8) is 0 Å². The quantitative estimate of drug-likeness (QED) is 0.878. The van der Waals surface area contributed by atoms with Crippen molar-refractivity contribution >= 4 is 11.6 Å². The lowest BCUT2D eigenvalue weighted by Crippen LogP contribution is -2.38. The molecule has 1 aromatic rings. The summed E-state index contributed by atoms with van der Waals surface area (Å²) >= 11 is 6.15. The molecule has 0 aromatic heterocycles. The molecule has 4 atom stereocenters. The van der Waals surface area contributed by atoms with Gasteiger partial charge in [0.2, 0.25) is 0 Å². The molecule has 1 nitrogen and oxygen atoms in total. The van der Waals surface area contributed by atoms with Crippen molar-refractivity contribution in [1.82, 2.24) is 5.32 Å². The lowest BCUT2D eigenvalue weighted by molar-refractivity contribution is 0.254. The van der Waals surface area contributed by atoms with Gasteiger partial charge in [-0.2, -0.15) is 0 Å². The van der Waals surface area contributed by atoms with Gasteiger partial charge in [-0.25, -0.2) is 4.39 Å². The van der Waals surface area contributed by atoms with Crippen LogP contribution < -0.4 is 5.32 Å². The number of hydrogen-bond donors (Lipinski definition) is 1. The Morgan fingerprint density at radius 3 is 2.79 bits per heavy atom. The Labute approximate surface area is 119 Å². The van der Waals surface area contributed by atoms with E-state index in [1.54, 1.807) is 12.1 Å². The lowest BCUT2D eigenvalue weighted by atomic mass is 9.81. The predicted octanol–water partition coefficient (Wildman–Crippen LogP) is 4.05. The van der Waals surface area contributed by atoms with E-state index in [4.69, 9.17) is 11.6 Å². The zero-order chi connectivity index (χ0) is 13.4. The second kappa shape index (κ2) is 5.41. The molecule has 0 saturated heterocycles. The number of nitrogens with one attached hydrogen (secondary N) is 1. The number of fused-ring (bicyclic) bond motifs is 2. The molecule has 1 aromatic carbocycles. The molecule has 2 bridgehead atoms. The van der Waals surface area contributed by atoms with Crippen molar-refractivity contribution in [2.75, 3.05) is 7.05 Å². The van der Waals surface area contributed by atoms with E-state index < -0.39 is 0 Å². The van der Waals surface area contributed by atoms with Crippen LogP contribution in [0.3, 0.4) is 0 Å². The van der Waals surface area contributed by atoms with Gasteiger partial charge in [0.15, 0.2) is 0 Å². The lowest BCUT2D eigenvalue weighted by Gasteiger charge is -2.30. The maximum absolute atomic E-state index is 13.9. The van der Waals surface area contributed by atoms with Gasteiger partial charge < -0.3 is 5.32 Å². The van der Waals surface area contributed by atoms with Crippen LogP contribution in [0.2, 0.25) is 5.02 Å². The van der Waals surface area contributed by atoms with E-state index in [1.807, 2.05) is 7.05 Å². The van der Waals surface area contributed by atoms with Crippen molar-refractivity contribution in [3.05, 3.63) is 34.6 Å². The summed E-state index contributed by atoms with van der Waals surface area (Å²) in [4.78, 5) is 0. The minimum Gasteiger partial charge on any atom is -0.316 e. The monoisotopic (exact) mass is 281 g/mol. The Morgan fingerprint density at radius 2 is 2.21 bits per heavy atom. The van der Waals surface area contributed by atoms with Crippen LogP contribution in [0.1, 0.15) is 31.2 Å². The van der Waals surface area contributed by atoms with Gasteiger partial charge >= 0.3 is 0 Å². The minimum atomic E-state index is -0.170. The summed E-state index contributed by atoms with van der Waals surface area (Å²) in [7, 11) is 1.99. The zero-order valence-corrected chi connectivity index (χ0v) is 12.1. The Balaban J connectivity index is 1.77. The van der Waals surface area contributed by atoms with Crippen LogP contribution >= 0.6 is 11.6 Å². The fraction of sp³-hybridized carbons (Fsp3) is 0.625. The zero-order valence-electron chi connectivity index (χ0n) is 11.3. The molecule has 19 heavy (non-hydrogen) atoms. The van der Waals surface area contributed by atoms with Crippen LogP contribution in [0, 0.1) is 23.6 Å². The smallest absolute Gasteiger partial charge is 0.127 e. The van der Waals surface area contributed by atoms with E-state index in [-0.39, 0.29) is 5.82 Å². The van der Waals surface area contributed by atoms with E-state index in [0.717, 1.165) is 11.8 Å². The molecule has 2 aliphatic carbocycles. The SMILES string of the molecule is CNC(Cc1c(F)cccc1Cl)C1CC2CCC1C2. The van der Waals surface area contributed by atoms with Gasteiger partial charge in [0, 0.05) is 16.6 Å². The van der Waals surface area contributed by atoms with E-state index >= 15 is 0 Å². The molecule has 2 aliphatic rings. The third-order valence-corrected chi connectivity index (χ3v) is 5.52. The Hall–Kier alpha value is -0.600. The van der Waals surface area contributed by atoms with Gasteiger partial charge in [-0.15, -0.1) is 0 Å². The first-order valence-corrected chi connectivity index (χ1v) is 7.67. The Morgan fingerprint density at radius 1 is 1.37 bits per heavy atom. The summed E-state index contributed by atoms with van der Waals surface area (Å²) in [6.45, 7) is 0. The Bertz CT molecular complexity index is 442. The van der Waals surface area contributed by atoms with Crippen molar-refractivity contribution in [3.8, 4) is 0 Å². The van der Waals surface area contributed by atoms with Gasteiger partial charge in [-0.05, 0) is 62.6 Å². The molecule has 0 aliphatic heterocycles. The van der Waals surface area contributed by atoms with Gasteiger partial charge in [-0.3, -0.25) is 0 Å². The van der Waals surface area contributed by atoms with Gasteiger partial charge in [-0.1, -0.05) is 24.1 Å². The molecule has 0 radical (unpaired) electrons. The van der Waals surface area contributed by atoms with Crippen LogP contribution in [0.4, 0.5) is 4.39 Å². The molecule has 0 heterocycles. The molecular formula is C16H21ClFN. The first kappa shape index (κ1) is 13.4. The molecule has 3 rings (SSSR count). The van der Waals surface area contributed by atoms with Gasteiger partial charge in [0.1, 0.15) is 5.82 Å². The molecule has 2 saturated carbocycles. The third kappa shape index (κ3) is 2.53. The summed E-state index contributed by atoms with van der Waals surface area (Å²) in [5, 5.41) is 3.97. The standard InChI is InChI=1S/C16H21ClFN/c1-19-16(12-8-10-5-6-11(12)7-10)9-13-14(17)3-2-4-15(13)18/h2-4,10-12,16,19H,5-9H2,1H3. The van der Waals surface area contributed by atoms with E-state index in [0.29, 0.717) is 29.0 Å². The molecule has 3 heteroatoms. The summed E-state index contributed by atoms with van der Waals surface area (Å²) in [6, 6.07) is 5.32. The highest BCUT2D eigenvalue weighted by atomic mass is 35.5. The maximum Gasteiger partial charge on any atom is 0.127 e. The largest absolute Gasteiger partial charge is 0.316 e. The summed E-state index contributed by atoms with van der Waals surface area (Å²) < 4.78 is 13.9. The van der Waals surface area contributed by atoms with E-state index in [2.05, 4.69) is 5.32 Å². The van der Waals surface area contributed by atoms with Gasteiger partial charge in [0.25, 0.3) is 0 Å². The summed E-state index contributed by atoms with van der Waals surface area (Å²) in [6.07, 6.45) is 6.16. The van der Waals surface area contributed by atoms with Crippen LogP contribution in [0.25, 0.3) is 0 Å². The third-order valence-electron chi connectivity index (χ3n) is 5.17. The second-order valence-corrected chi connectivity index (χ2v) is 6.55. The van der Waals surface area contributed by atoms with Crippen molar-refractivity contribution in [2.24, 2.45) is 17.8 Å². The fourth-order valence-corrected chi connectivity index (χ4v) is 4.44. The van der Waals surface area contributed by atoms with Crippen molar-refractivity contribution in [1.29, 1.82) is 0 Å². The number of likely N-dealkylation sites (N-methyl/N-ethyl adjacent to an activating group) is 1. The Kier molecular flexibility index (Phi) is 3.81. The summed E-state index contributed by atoms with van der Waals surface area (Å²) in [5.74, 6) is 2.28. The van der Waals surface area contributed by atoms with Crippen molar-refractivity contribution in [2.45, 2.75) is 38.1 Å². The van der Waals surface area contributed by atoms with Crippen molar-refractivity contribution < 1.29 is 4.39 Å². The number of hydrogen-bond acceptors (Lipinski definition) is 1. The molecular weight excluding hydrogens is 261 g/mol. The molecule has 2 fully saturated rings. The highest BCUT2D eigenvalue weighted by Gasteiger charge is 2.42. The minimum absolute atomic E-state index is 0.170. The average Bonchev–Trinajstić information content (AvgIpc) is 3.01. The normalized spacial score (nSPS) is 30.8. The number of benzene rings is 1. The first-order chi connectivity index (χ1) is 9.19. The van der Waals surface area contributed by atoms with Gasteiger partial charge in [0.05, 0.1) is 0 Å². The number of halogens is 2. The molecule has 4 unspecified atom stereocenters. The van der Waals surface area contributed by atoms with Crippen LogP contribution in [-0.2, 0) is 6.42 Å². The maximum atomic E-state index is 13.9. The average molecular weight is 282 g/mol. The predicted molar refractivity (Wildman–Crippen MR) is 76.9 cm³/mol. The van der Waals surface area contributed by atoms with E-state index in [1.165, 1.54) is 31.7 Å². The fourth-order valence-electron chi connectivity index (χ4n) is 4.20. The van der Waals surface area contributed by atoms with Crippen LogP contribution in [0.5, 0.6) is 0 Å². The number of rotatable bonds is 4. The molecule has 0 spiro atoms. The van der Waals surface area contributed by atoms with E-state index in [9.17, 15) is 4.39 Å². The molecule has 104 valence electrons. The molecule has 0 amide bonds. The summed E-state index contributed by atoms with van der Waals surface area (Å²) in [5.41, 5.74) is 0.672. The van der Waals surface area contributed by atoms with Crippen LogP contribution in [0.15, 0.2) is 18.2 Å². The topological polar surface area (TPSA) is 12.0 Å².